The van der Waals surface area contributed by atoms with Crippen LogP contribution in [-0.4, -0.2) is 22.7 Å². The first kappa shape index (κ1) is 17.7. The molecule has 0 bridgehead atoms. The Balaban J connectivity index is 1.94. The molecule has 2 aromatic rings. The predicted molar refractivity (Wildman–Crippen MR) is 94.5 cm³/mol. The molecule has 0 aliphatic heterocycles. The Labute approximate surface area is 142 Å². The quantitative estimate of drug-likeness (QED) is 0.424. The number of rotatable bonds is 7. The summed E-state index contributed by atoms with van der Waals surface area (Å²) in [5.41, 5.74) is 1.68. The average Bonchev–Trinajstić information content (AvgIpc) is 2.60. The van der Waals surface area contributed by atoms with Crippen molar-refractivity contribution in [2.45, 2.75) is 32.4 Å². The second-order valence-corrected chi connectivity index (χ2v) is 5.39. The highest BCUT2D eigenvalue weighted by Gasteiger charge is 2.01. The standard InChI is InChI=1S/C20H21FN2O/c1-3-13-24-19-11-9-18(10-12-19)20-22-14-17(15-23-20)8-6-4-5-7-16(2)21/h3,9-12,14-16H,1,4-5,7,13H2,2H3. The van der Waals surface area contributed by atoms with Crippen molar-refractivity contribution in [3.63, 3.8) is 0 Å². The summed E-state index contributed by atoms with van der Waals surface area (Å²) in [7, 11) is 0. The van der Waals surface area contributed by atoms with Crippen LogP contribution >= 0.6 is 0 Å². The largest absolute Gasteiger partial charge is 0.490 e. The van der Waals surface area contributed by atoms with Crippen LogP contribution in [0.2, 0.25) is 0 Å². The molecule has 1 heterocycles. The first-order valence-corrected chi connectivity index (χ1v) is 7.98. The van der Waals surface area contributed by atoms with Crippen molar-refractivity contribution in [1.29, 1.82) is 0 Å². The van der Waals surface area contributed by atoms with E-state index in [2.05, 4.69) is 28.4 Å². The van der Waals surface area contributed by atoms with E-state index < -0.39 is 6.17 Å². The van der Waals surface area contributed by atoms with Gasteiger partial charge in [0.05, 0.1) is 11.7 Å². The second-order valence-electron chi connectivity index (χ2n) is 5.39. The molecule has 1 unspecified atom stereocenters. The minimum atomic E-state index is -0.761. The zero-order valence-electron chi connectivity index (χ0n) is 13.8. The van der Waals surface area contributed by atoms with E-state index in [1.54, 1.807) is 25.4 Å². The van der Waals surface area contributed by atoms with Gasteiger partial charge in [0.1, 0.15) is 12.4 Å². The molecule has 1 aromatic carbocycles. The number of halogens is 1. The fourth-order valence-electron chi connectivity index (χ4n) is 2.03. The third kappa shape index (κ3) is 5.85. The third-order valence-corrected chi connectivity index (χ3v) is 3.27. The van der Waals surface area contributed by atoms with Crippen molar-refractivity contribution in [1.82, 2.24) is 9.97 Å². The van der Waals surface area contributed by atoms with Gasteiger partial charge in [-0.1, -0.05) is 24.5 Å². The topological polar surface area (TPSA) is 35.0 Å². The maximum absolute atomic E-state index is 12.7. The summed E-state index contributed by atoms with van der Waals surface area (Å²) in [5.74, 6) is 7.45. The van der Waals surface area contributed by atoms with Crippen molar-refractivity contribution in [3.05, 3.63) is 54.9 Å². The molecule has 1 atom stereocenters. The zero-order valence-corrected chi connectivity index (χ0v) is 13.8. The molecule has 0 aliphatic rings. The van der Waals surface area contributed by atoms with Crippen LogP contribution in [0.4, 0.5) is 4.39 Å². The Hall–Kier alpha value is -2.67. The van der Waals surface area contributed by atoms with E-state index in [0.717, 1.165) is 23.3 Å². The van der Waals surface area contributed by atoms with Gasteiger partial charge in [0.25, 0.3) is 0 Å². The van der Waals surface area contributed by atoms with Crippen molar-refractivity contribution >= 4 is 0 Å². The molecule has 0 radical (unpaired) electrons. The predicted octanol–water partition coefficient (Wildman–Crippen LogP) is 4.59. The van der Waals surface area contributed by atoms with Crippen LogP contribution in [0.15, 0.2) is 49.3 Å². The third-order valence-electron chi connectivity index (χ3n) is 3.27. The molecule has 0 amide bonds. The van der Waals surface area contributed by atoms with Crippen LogP contribution in [0.25, 0.3) is 11.4 Å². The molecule has 0 fully saturated rings. The van der Waals surface area contributed by atoms with Gasteiger partial charge in [-0.2, -0.15) is 0 Å². The second kappa shape index (κ2) is 9.46. The number of benzene rings is 1. The average molecular weight is 324 g/mol. The molecule has 0 spiro atoms. The molecule has 24 heavy (non-hydrogen) atoms. The van der Waals surface area contributed by atoms with Crippen LogP contribution in [0, 0.1) is 11.8 Å². The number of nitrogens with zero attached hydrogens (tertiary/aromatic N) is 2. The summed E-state index contributed by atoms with van der Waals surface area (Å²) in [6.45, 7) is 5.66. The Morgan fingerprint density at radius 3 is 2.58 bits per heavy atom. The number of ether oxygens (including phenoxy) is 1. The highest BCUT2D eigenvalue weighted by molar-refractivity contribution is 5.56. The van der Waals surface area contributed by atoms with E-state index in [4.69, 9.17) is 4.74 Å². The van der Waals surface area contributed by atoms with Gasteiger partial charge in [-0.05, 0) is 44.0 Å². The number of hydrogen-bond donors (Lipinski definition) is 0. The van der Waals surface area contributed by atoms with Gasteiger partial charge in [-0.15, -0.1) is 0 Å². The summed E-state index contributed by atoms with van der Waals surface area (Å²) >= 11 is 0. The molecule has 0 saturated carbocycles. The molecule has 2 rings (SSSR count). The van der Waals surface area contributed by atoms with E-state index in [0.29, 0.717) is 25.3 Å². The van der Waals surface area contributed by atoms with Gasteiger partial charge in [0.15, 0.2) is 5.82 Å². The van der Waals surface area contributed by atoms with Crippen LogP contribution < -0.4 is 4.74 Å². The minimum Gasteiger partial charge on any atom is -0.490 e. The SMILES string of the molecule is C=CCOc1ccc(-c2ncc(C#CCCCC(C)F)cn2)cc1. The van der Waals surface area contributed by atoms with Gasteiger partial charge < -0.3 is 4.74 Å². The summed E-state index contributed by atoms with van der Waals surface area (Å²) in [4.78, 5) is 8.67. The molecule has 124 valence electrons. The lowest BCUT2D eigenvalue weighted by molar-refractivity contribution is 0.336. The molecule has 1 aromatic heterocycles. The first-order valence-electron chi connectivity index (χ1n) is 7.98. The smallest absolute Gasteiger partial charge is 0.159 e. The molecule has 0 N–H and O–H groups in total. The van der Waals surface area contributed by atoms with Crippen molar-refractivity contribution in [2.24, 2.45) is 0 Å². The van der Waals surface area contributed by atoms with Crippen LogP contribution in [0.3, 0.4) is 0 Å². The van der Waals surface area contributed by atoms with Crippen molar-refractivity contribution in [3.8, 4) is 29.0 Å². The molecule has 3 nitrogen and oxygen atoms in total. The van der Waals surface area contributed by atoms with E-state index in [-0.39, 0.29) is 0 Å². The zero-order chi connectivity index (χ0) is 17.2. The lowest BCUT2D eigenvalue weighted by Crippen LogP contribution is -1.93. The summed E-state index contributed by atoms with van der Waals surface area (Å²) in [5, 5.41) is 0. The molecule has 0 saturated heterocycles. The van der Waals surface area contributed by atoms with Crippen LogP contribution in [0.1, 0.15) is 31.7 Å². The Bertz CT molecular complexity index is 697. The molecule has 0 aliphatic carbocycles. The van der Waals surface area contributed by atoms with E-state index >= 15 is 0 Å². The lowest BCUT2D eigenvalue weighted by Gasteiger charge is -2.04. The van der Waals surface area contributed by atoms with Gasteiger partial charge in [0.2, 0.25) is 0 Å². The lowest BCUT2D eigenvalue weighted by atomic mass is 10.2. The van der Waals surface area contributed by atoms with Crippen molar-refractivity contribution < 1.29 is 9.13 Å². The van der Waals surface area contributed by atoms with Crippen LogP contribution in [-0.2, 0) is 0 Å². The summed E-state index contributed by atoms with van der Waals surface area (Å²) < 4.78 is 18.1. The van der Waals surface area contributed by atoms with Crippen molar-refractivity contribution in [2.75, 3.05) is 6.61 Å². The first-order chi connectivity index (χ1) is 11.7. The Morgan fingerprint density at radius 1 is 1.25 bits per heavy atom. The maximum atomic E-state index is 12.7. The number of unbranched alkanes of at least 4 members (excludes halogenated alkanes) is 1. The van der Waals surface area contributed by atoms with Gasteiger partial charge in [-0.25, -0.2) is 14.4 Å². The Morgan fingerprint density at radius 2 is 1.96 bits per heavy atom. The molecular weight excluding hydrogens is 303 g/mol. The van der Waals surface area contributed by atoms with Gasteiger partial charge in [-0.3, -0.25) is 0 Å². The summed E-state index contributed by atoms with van der Waals surface area (Å²) in [6.07, 6.45) is 6.35. The van der Waals surface area contributed by atoms with Gasteiger partial charge >= 0.3 is 0 Å². The van der Waals surface area contributed by atoms with E-state index in [1.807, 2.05) is 24.3 Å². The van der Waals surface area contributed by atoms with E-state index in [9.17, 15) is 4.39 Å². The van der Waals surface area contributed by atoms with Crippen LogP contribution in [0.5, 0.6) is 5.75 Å². The summed E-state index contributed by atoms with van der Waals surface area (Å²) in [6, 6.07) is 7.58. The fraction of sp³-hybridized carbons (Fsp3) is 0.300. The molecular formula is C20H21FN2O. The normalized spacial score (nSPS) is 11.2. The highest BCUT2D eigenvalue weighted by Crippen LogP contribution is 2.19. The minimum absolute atomic E-state index is 0.480. The number of hydrogen-bond acceptors (Lipinski definition) is 3. The van der Waals surface area contributed by atoms with E-state index in [1.165, 1.54) is 0 Å². The number of aromatic nitrogens is 2. The molecule has 4 heteroatoms. The number of alkyl halides is 1. The maximum Gasteiger partial charge on any atom is 0.159 e. The Kier molecular flexibility index (Phi) is 6.97. The fourth-order valence-corrected chi connectivity index (χ4v) is 2.03. The van der Waals surface area contributed by atoms with Gasteiger partial charge in [0, 0.05) is 24.4 Å². The highest BCUT2D eigenvalue weighted by atomic mass is 19.1. The monoisotopic (exact) mass is 324 g/mol.